The number of nitrogens with zero attached hydrogens (tertiary/aromatic N) is 1. The van der Waals surface area contributed by atoms with E-state index < -0.39 is 0 Å². The Kier molecular flexibility index (Phi) is 2.57. The molecule has 2 heteroatoms. The fourth-order valence-electron chi connectivity index (χ4n) is 1.76. The van der Waals surface area contributed by atoms with E-state index in [2.05, 4.69) is 45.8 Å². The molecule has 1 rings (SSSR count). The lowest BCUT2D eigenvalue weighted by Crippen LogP contribution is -2.21. The Hall–Kier alpha value is 0.0200. The fraction of sp³-hybridized carbons (Fsp3) is 0.900. The van der Waals surface area contributed by atoms with Gasteiger partial charge in [0.25, 0.3) is 0 Å². The Morgan fingerprint density at radius 3 is 2.25 bits per heavy atom. The van der Waals surface area contributed by atoms with Crippen molar-refractivity contribution in [3.8, 4) is 0 Å². The van der Waals surface area contributed by atoms with Gasteiger partial charge in [0.1, 0.15) is 4.87 Å². The highest BCUT2D eigenvalue weighted by Crippen LogP contribution is 2.45. The number of aliphatic imine (C=N–C) groups is 1. The highest BCUT2D eigenvalue weighted by Gasteiger charge is 2.37. The van der Waals surface area contributed by atoms with E-state index in [0.717, 1.165) is 5.92 Å². The maximum absolute atomic E-state index is 4.60. The zero-order valence-electron chi connectivity index (χ0n) is 8.72. The van der Waals surface area contributed by atoms with Crippen LogP contribution in [-0.4, -0.2) is 15.8 Å². The van der Waals surface area contributed by atoms with Gasteiger partial charge in [0.2, 0.25) is 0 Å². The molecule has 1 aliphatic heterocycles. The van der Waals surface area contributed by atoms with Crippen molar-refractivity contribution in [3.63, 3.8) is 0 Å². The summed E-state index contributed by atoms with van der Waals surface area (Å²) in [5.41, 5.74) is 0. The van der Waals surface area contributed by atoms with Gasteiger partial charge in [-0.1, -0.05) is 13.8 Å². The van der Waals surface area contributed by atoms with E-state index in [4.69, 9.17) is 0 Å². The molecule has 70 valence electrons. The molecule has 0 N–H and O–H groups in total. The molecule has 12 heavy (non-hydrogen) atoms. The minimum atomic E-state index is 0.137. The first-order valence-electron chi connectivity index (χ1n) is 4.60. The molecular formula is C10H19NS. The molecule has 0 aromatic rings. The molecule has 0 amide bonds. The molecule has 1 atom stereocenters. The summed E-state index contributed by atoms with van der Waals surface area (Å²) in [6.45, 7) is 11.2. The quantitative estimate of drug-likeness (QED) is 0.642. The molecule has 0 aromatic carbocycles. The third kappa shape index (κ3) is 2.51. The first-order chi connectivity index (χ1) is 5.33. The largest absolute Gasteiger partial charge is 0.279 e. The monoisotopic (exact) mass is 185 g/mol. The number of hydrogen-bond donors (Lipinski definition) is 0. The van der Waals surface area contributed by atoms with E-state index in [1.165, 1.54) is 6.42 Å². The van der Waals surface area contributed by atoms with Crippen LogP contribution in [0.4, 0.5) is 0 Å². The second-order valence-corrected chi connectivity index (χ2v) is 6.87. The van der Waals surface area contributed by atoms with Gasteiger partial charge in [0.15, 0.2) is 0 Å². The lowest BCUT2D eigenvalue weighted by molar-refractivity contribution is 0.494. The van der Waals surface area contributed by atoms with Crippen LogP contribution >= 0.6 is 11.8 Å². The Balaban J connectivity index is 2.61. The van der Waals surface area contributed by atoms with Gasteiger partial charge in [-0.25, -0.2) is 0 Å². The highest BCUT2D eigenvalue weighted by atomic mass is 32.2. The van der Waals surface area contributed by atoms with Crippen LogP contribution in [0.3, 0.4) is 0 Å². The van der Waals surface area contributed by atoms with Gasteiger partial charge in [-0.3, -0.25) is 4.99 Å². The van der Waals surface area contributed by atoms with Crippen molar-refractivity contribution in [3.05, 3.63) is 0 Å². The predicted molar refractivity (Wildman–Crippen MR) is 58.0 cm³/mol. The van der Waals surface area contributed by atoms with Gasteiger partial charge in [-0.05, 0) is 33.1 Å². The average molecular weight is 185 g/mol. The SMILES string of the molecule is CC(C)CC1(C)N=CC(C)(C)S1. The highest BCUT2D eigenvalue weighted by molar-refractivity contribution is 8.02. The second kappa shape index (κ2) is 3.06. The molecule has 1 unspecified atom stereocenters. The van der Waals surface area contributed by atoms with Crippen LogP contribution in [0.25, 0.3) is 0 Å². The minimum absolute atomic E-state index is 0.137. The molecule has 0 bridgehead atoms. The van der Waals surface area contributed by atoms with Crippen molar-refractivity contribution in [2.24, 2.45) is 10.9 Å². The van der Waals surface area contributed by atoms with Crippen LogP contribution in [0.1, 0.15) is 41.0 Å². The maximum atomic E-state index is 4.60. The predicted octanol–water partition coefficient (Wildman–Crippen LogP) is 3.34. The normalized spacial score (nSPS) is 33.2. The Morgan fingerprint density at radius 2 is 1.92 bits per heavy atom. The fourth-order valence-corrected chi connectivity index (χ4v) is 3.52. The summed E-state index contributed by atoms with van der Waals surface area (Å²) >= 11 is 1.98. The average Bonchev–Trinajstić information content (AvgIpc) is 2.03. The van der Waals surface area contributed by atoms with Gasteiger partial charge < -0.3 is 0 Å². The van der Waals surface area contributed by atoms with E-state index in [1.807, 2.05) is 11.8 Å². The number of rotatable bonds is 2. The molecule has 0 fully saturated rings. The van der Waals surface area contributed by atoms with Crippen molar-refractivity contribution < 1.29 is 0 Å². The molecular weight excluding hydrogens is 166 g/mol. The minimum Gasteiger partial charge on any atom is -0.279 e. The van der Waals surface area contributed by atoms with Gasteiger partial charge in [0, 0.05) is 11.0 Å². The van der Waals surface area contributed by atoms with Crippen molar-refractivity contribution >= 4 is 18.0 Å². The summed E-state index contributed by atoms with van der Waals surface area (Å²) in [6, 6.07) is 0. The molecule has 0 spiro atoms. The molecule has 0 saturated carbocycles. The van der Waals surface area contributed by atoms with Gasteiger partial charge >= 0.3 is 0 Å². The summed E-state index contributed by atoms with van der Waals surface area (Å²) in [6.07, 6.45) is 3.28. The lowest BCUT2D eigenvalue weighted by Gasteiger charge is -2.25. The number of hydrogen-bond acceptors (Lipinski definition) is 2. The van der Waals surface area contributed by atoms with Crippen molar-refractivity contribution in [2.75, 3.05) is 0 Å². The molecule has 0 saturated heterocycles. The molecule has 0 aliphatic carbocycles. The summed E-state index contributed by atoms with van der Waals surface area (Å²) < 4.78 is 0.240. The zero-order chi connectivity index (χ0) is 9.41. The molecule has 0 radical (unpaired) electrons. The van der Waals surface area contributed by atoms with Crippen LogP contribution in [-0.2, 0) is 0 Å². The van der Waals surface area contributed by atoms with Gasteiger partial charge in [-0.15, -0.1) is 11.8 Å². The van der Waals surface area contributed by atoms with Crippen LogP contribution in [0, 0.1) is 5.92 Å². The first-order valence-corrected chi connectivity index (χ1v) is 5.41. The summed E-state index contributed by atoms with van der Waals surface area (Å²) in [4.78, 5) is 4.74. The first kappa shape index (κ1) is 10.1. The third-order valence-electron chi connectivity index (χ3n) is 1.92. The van der Waals surface area contributed by atoms with E-state index in [9.17, 15) is 0 Å². The van der Waals surface area contributed by atoms with Crippen molar-refractivity contribution in [2.45, 2.75) is 50.7 Å². The Labute approximate surface area is 80.0 Å². The van der Waals surface area contributed by atoms with E-state index >= 15 is 0 Å². The Morgan fingerprint density at radius 1 is 1.33 bits per heavy atom. The van der Waals surface area contributed by atoms with Gasteiger partial charge in [-0.2, -0.15) is 0 Å². The van der Waals surface area contributed by atoms with Crippen LogP contribution in [0.2, 0.25) is 0 Å². The lowest BCUT2D eigenvalue weighted by atomic mass is 10.1. The smallest absolute Gasteiger partial charge is 0.104 e. The summed E-state index contributed by atoms with van der Waals surface area (Å²) in [5, 5.41) is 0. The van der Waals surface area contributed by atoms with Crippen molar-refractivity contribution in [1.29, 1.82) is 0 Å². The van der Waals surface area contributed by atoms with Crippen LogP contribution in [0.5, 0.6) is 0 Å². The molecule has 1 heterocycles. The maximum Gasteiger partial charge on any atom is 0.104 e. The van der Waals surface area contributed by atoms with E-state index in [1.54, 1.807) is 0 Å². The van der Waals surface area contributed by atoms with Crippen LogP contribution in [0.15, 0.2) is 4.99 Å². The standard InChI is InChI=1S/C10H19NS/c1-8(2)6-10(5)11-7-9(3,4)12-10/h7-8H,6H2,1-5H3. The number of thioether (sulfide) groups is 1. The van der Waals surface area contributed by atoms with Gasteiger partial charge in [0.05, 0.1) is 0 Å². The van der Waals surface area contributed by atoms with Crippen molar-refractivity contribution in [1.82, 2.24) is 0 Å². The summed E-state index contributed by atoms with van der Waals surface area (Å²) in [5.74, 6) is 0.730. The van der Waals surface area contributed by atoms with E-state index in [0.29, 0.717) is 0 Å². The molecule has 0 aromatic heterocycles. The topological polar surface area (TPSA) is 12.4 Å². The zero-order valence-corrected chi connectivity index (χ0v) is 9.53. The molecule has 1 aliphatic rings. The molecule has 1 nitrogen and oxygen atoms in total. The second-order valence-electron chi connectivity index (χ2n) is 4.74. The van der Waals surface area contributed by atoms with Crippen LogP contribution < -0.4 is 0 Å². The van der Waals surface area contributed by atoms with E-state index in [-0.39, 0.29) is 9.62 Å². The summed E-state index contributed by atoms with van der Waals surface area (Å²) in [7, 11) is 0. The third-order valence-corrected chi connectivity index (χ3v) is 3.26. The Bertz CT molecular complexity index is 196.